The fourth-order valence-electron chi connectivity index (χ4n) is 1.99. The second-order valence-electron chi connectivity index (χ2n) is 5.01. The number of carbonyl (C=O) groups excluding carboxylic acids is 1. The lowest BCUT2D eigenvalue weighted by atomic mass is 10.0. The minimum atomic E-state index is -0.160. The summed E-state index contributed by atoms with van der Waals surface area (Å²) in [6, 6.07) is 11.5. The Balaban J connectivity index is 2.07. The molecule has 1 aromatic carbocycles. The van der Waals surface area contributed by atoms with E-state index in [1.807, 2.05) is 43.3 Å². The molecule has 0 radical (unpaired) electrons. The number of rotatable bonds is 4. The van der Waals surface area contributed by atoms with Crippen LogP contribution in [0.4, 0.5) is 5.69 Å². The highest BCUT2D eigenvalue weighted by molar-refractivity contribution is 6.02. The largest absolute Gasteiger partial charge is 0.462 e. The Morgan fingerprint density at radius 2 is 1.95 bits per heavy atom. The summed E-state index contributed by atoms with van der Waals surface area (Å²) in [5.74, 6) is 1.71. The van der Waals surface area contributed by atoms with Crippen LogP contribution in [0.15, 0.2) is 46.9 Å². The Kier molecular flexibility index (Phi) is 4.41. The lowest BCUT2D eigenvalue weighted by Gasteiger charge is -2.12. The molecule has 1 heterocycles. The predicted molar refractivity (Wildman–Crippen MR) is 81.6 cm³/mol. The summed E-state index contributed by atoms with van der Waals surface area (Å²) in [5, 5.41) is 2.90. The van der Waals surface area contributed by atoms with Gasteiger partial charge >= 0.3 is 0 Å². The molecule has 0 aliphatic rings. The SMILES string of the molecule is Cc1ccc(/C=C/C(=O)Nc2ccccc2C(C)C)o1. The highest BCUT2D eigenvalue weighted by Gasteiger charge is 2.07. The number of furan rings is 1. The van der Waals surface area contributed by atoms with Gasteiger partial charge < -0.3 is 9.73 Å². The number of hydrogen-bond donors (Lipinski definition) is 1. The van der Waals surface area contributed by atoms with E-state index in [1.165, 1.54) is 6.08 Å². The molecule has 104 valence electrons. The van der Waals surface area contributed by atoms with Crippen LogP contribution in [0.1, 0.15) is 36.8 Å². The minimum Gasteiger partial charge on any atom is -0.462 e. The van der Waals surface area contributed by atoms with Crippen molar-refractivity contribution in [3.05, 3.63) is 59.6 Å². The van der Waals surface area contributed by atoms with Crippen molar-refractivity contribution in [3.8, 4) is 0 Å². The number of nitrogens with one attached hydrogen (secondary N) is 1. The summed E-state index contributed by atoms with van der Waals surface area (Å²) in [6.07, 6.45) is 3.15. The molecule has 1 amide bonds. The van der Waals surface area contributed by atoms with Crippen molar-refractivity contribution in [1.29, 1.82) is 0 Å². The fourth-order valence-corrected chi connectivity index (χ4v) is 1.99. The Morgan fingerprint density at radius 1 is 1.20 bits per heavy atom. The first-order valence-corrected chi connectivity index (χ1v) is 6.70. The molecule has 1 N–H and O–H groups in total. The summed E-state index contributed by atoms with van der Waals surface area (Å²) in [5.41, 5.74) is 1.98. The van der Waals surface area contributed by atoms with Crippen molar-refractivity contribution >= 4 is 17.7 Å². The number of para-hydroxylation sites is 1. The van der Waals surface area contributed by atoms with Crippen LogP contribution in [0.25, 0.3) is 6.08 Å². The predicted octanol–water partition coefficient (Wildman–Crippen LogP) is 4.36. The van der Waals surface area contributed by atoms with Crippen LogP contribution >= 0.6 is 0 Å². The first-order valence-electron chi connectivity index (χ1n) is 6.70. The van der Waals surface area contributed by atoms with Crippen molar-refractivity contribution in [2.45, 2.75) is 26.7 Å². The van der Waals surface area contributed by atoms with Crippen molar-refractivity contribution < 1.29 is 9.21 Å². The van der Waals surface area contributed by atoms with Gasteiger partial charge in [0.05, 0.1) is 0 Å². The standard InChI is InChI=1S/C17H19NO2/c1-12(2)15-6-4-5-7-16(15)18-17(19)11-10-14-9-8-13(3)20-14/h4-12H,1-3H3,(H,18,19)/b11-10+. The minimum absolute atomic E-state index is 0.160. The number of anilines is 1. The average Bonchev–Trinajstić information content (AvgIpc) is 2.83. The Labute approximate surface area is 119 Å². The molecule has 3 nitrogen and oxygen atoms in total. The van der Waals surface area contributed by atoms with E-state index in [2.05, 4.69) is 19.2 Å². The first-order chi connectivity index (χ1) is 9.56. The quantitative estimate of drug-likeness (QED) is 0.838. The summed E-state index contributed by atoms with van der Waals surface area (Å²) in [6.45, 7) is 6.08. The van der Waals surface area contributed by atoms with Gasteiger partial charge in [0.15, 0.2) is 0 Å². The van der Waals surface area contributed by atoms with E-state index >= 15 is 0 Å². The van der Waals surface area contributed by atoms with Crippen molar-refractivity contribution in [2.24, 2.45) is 0 Å². The molecule has 1 aromatic heterocycles. The second-order valence-corrected chi connectivity index (χ2v) is 5.01. The Morgan fingerprint density at radius 3 is 2.60 bits per heavy atom. The third-order valence-corrected chi connectivity index (χ3v) is 3.00. The molecule has 0 spiro atoms. The summed E-state index contributed by atoms with van der Waals surface area (Å²) >= 11 is 0. The van der Waals surface area contributed by atoms with Crippen molar-refractivity contribution in [1.82, 2.24) is 0 Å². The zero-order valence-corrected chi connectivity index (χ0v) is 12.0. The van der Waals surface area contributed by atoms with Gasteiger partial charge in [-0.15, -0.1) is 0 Å². The molecule has 2 aromatic rings. The van der Waals surface area contributed by atoms with E-state index in [4.69, 9.17) is 4.42 Å². The van der Waals surface area contributed by atoms with Crippen LogP contribution in [0, 0.1) is 6.92 Å². The van der Waals surface area contributed by atoms with E-state index in [0.717, 1.165) is 17.0 Å². The van der Waals surface area contributed by atoms with Crippen LogP contribution < -0.4 is 5.32 Å². The molecule has 0 atom stereocenters. The zero-order chi connectivity index (χ0) is 14.5. The van der Waals surface area contributed by atoms with Crippen LogP contribution in [-0.2, 0) is 4.79 Å². The number of benzene rings is 1. The maximum atomic E-state index is 11.9. The molecule has 0 unspecified atom stereocenters. The van der Waals surface area contributed by atoms with E-state index < -0.39 is 0 Å². The molecule has 3 heteroatoms. The fraction of sp³-hybridized carbons (Fsp3) is 0.235. The molecule has 0 fully saturated rings. The summed E-state index contributed by atoms with van der Waals surface area (Å²) in [4.78, 5) is 11.9. The lowest BCUT2D eigenvalue weighted by Crippen LogP contribution is -2.10. The van der Waals surface area contributed by atoms with E-state index in [-0.39, 0.29) is 5.91 Å². The van der Waals surface area contributed by atoms with E-state index in [1.54, 1.807) is 6.08 Å². The molecular weight excluding hydrogens is 250 g/mol. The van der Waals surface area contributed by atoms with Gasteiger partial charge in [-0.05, 0) is 42.7 Å². The van der Waals surface area contributed by atoms with Crippen LogP contribution in [0.3, 0.4) is 0 Å². The summed E-state index contributed by atoms with van der Waals surface area (Å²) < 4.78 is 5.38. The van der Waals surface area contributed by atoms with Crippen LogP contribution in [0.5, 0.6) is 0 Å². The second kappa shape index (κ2) is 6.24. The molecule has 20 heavy (non-hydrogen) atoms. The number of hydrogen-bond acceptors (Lipinski definition) is 2. The van der Waals surface area contributed by atoms with Crippen molar-refractivity contribution in [2.75, 3.05) is 5.32 Å². The third-order valence-electron chi connectivity index (χ3n) is 3.00. The van der Waals surface area contributed by atoms with Crippen LogP contribution in [-0.4, -0.2) is 5.91 Å². The van der Waals surface area contributed by atoms with Gasteiger partial charge in [0.1, 0.15) is 11.5 Å². The maximum Gasteiger partial charge on any atom is 0.248 e. The Bertz CT molecular complexity index is 623. The molecule has 0 saturated heterocycles. The maximum absolute atomic E-state index is 11.9. The topological polar surface area (TPSA) is 42.2 Å². The number of amides is 1. The van der Waals surface area contributed by atoms with E-state index in [0.29, 0.717) is 11.7 Å². The van der Waals surface area contributed by atoms with Gasteiger partial charge in [-0.1, -0.05) is 32.0 Å². The van der Waals surface area contributed by atoms with Gasteiger partial charge in [0, 0.05) is 11.8 Å². The number of aryl methyl sites for hydroxylation is 1. The van der Waals surface area contributed by atoms with Crippen molar-refractivity contribution in [3.63, 3.8) is 0 Å². The highest BCUT2D eigenvalue weighted by atomic mass is 16.3. The molecular formula is C17H19NO2. The normalized spacial score (nSPS) is 11.2. The highest BCUT2D eigenvalue weighted by Crippen LogP contribution is 2.23. The van der Waals surface area contributed by atoms with Crippen LogP contribution in [0.2, 0.25) is 0 Å². The van der Waals surface area contributed by atoms with E-state index in [9.17, 15) is 4.79 Å². The van der Waals surface area contributed by atoms with Gasteiger partial charge in [-0.3, -0.25) is 4.79 Å². The average molecular weight is 269 g/mol. The lowest BCUT2D eigenvalue weighted by molar-refractivity contribution is -0.111. The zero-order valence-electron chi connectivity index (χ0n) is 12.0. The molecule has 2 rings (SSSR count). The number of carbonyl (C=O) groups is 1. The molecule has 0 aliphatic carbocycles. The molecule has 0 saturated carbocycles. The van der Waals surface area contributed by atoms with Gasteiger partial charge in [-0.25, -0.2) is 0 Å². The van der Waals surface area contributed by atoms with Gasteiger partial charge in [-0.2, -0.15) is 0 Å². The monoisotopic (exact) mass is 269 g/mol. The molecule has 0 bridgehead atoms. The Hall–Kier alpha value is -2.29. The van der Waals surface area contributed by atoms with Gasteiger partial charge in [0.2, 0.25) is 5.91 Å². The smallest absolute Gasteiger partial charge is 0.248 e. The summed E-state index contributed by atoms with van der Waals surface area (Å²) in [7, 11) is 0. The molecule has 0 aliphatic heterocycles. The first kappa shape index (κ1) is 14.1. The van der Waals surface area contributed by atoms with Gasteiger partial charge in [0.25, 0.3) is 0 Å². The third kappa shape index (κ3) is 3.60.